The van der Waals surface area contributed by atoms with Gasteiger partial charge in [0.15, 0.2) is 0 Å². The first-order valence-corrected chi connectivity index (χ1v) is 11.9. The van der Waals surface area contributed by atoms with Crippen LogP contribution in [0, 0.1) is 17.0 Å². The monoisotopic (exact) mass is 504 g/mol. The van der Waals surface area contributed by atoms with Crippen molar-refractivity contribution >= 4 is 29.1 Å². The van der Waals surface area contributed by atoms with Crippen LogP contribution in [0.3, 0.4) is 0 Å². The van der Waals surface area contributed by atoms with Gasteiger partial charge in [-0.25, -0.2) is 0 Å². The lowest BCUT2D eigenvalue weighted by atomic mass is 10.1. The van der Waals surface area contributed by atoms with Crippen molar-refractivity contribution in [3.63, 3.8) is 0 Å². The summed E-state index contributed by atoms with van der Waals surface area (Å²) in [5, 5.41) is 11.0. The van der Waals surface area contributed by atoms with Gasteiger partial charge < -0.3 is 9.47 Å². The number of rotatable bonds is 7. The molecule has 0 N–H and O–H groups in total. The summed E-state index contributed by atoms with van der Waals surface area (Å²) in [6.45, 7) is 2.01. The smallest absolute Gasteiger partial charge is 0.269 e. The fraction of sp³-hybridized carbons (Fsp3) is 0.0645. The van der Waals surface area contributed by atoms with Crippen molar-refractivity contribution in [2.24, 2.45) is 0 Å². The average molecular weight is 505 g/mol. The highest BCUT2D eigenvalue weighted by Gasteiger charge is 2.30. The molecule has 0 fully saturated rings. The Labute approximate surface area is 220 Å². The number of carbonyl (C=O) groups is 1. The topological polar surface area (TPSA) is 81.9 Å². The molecule has 0 radical (unpaired) electrons. The lowest BCUT2D eigenvalue weighted by Crippen LogP contribution is -2.24. The van der Waals surface area contributed by atoms with Gasteiger partial charge >= 0.3 is 0 Å². The molecule has 7 nitrogen and oxygen atoms in total. The molecule has 0 saturated heterocycles. The highest BCUT2D eigenvalue weighted by Crippen LogP contribution is 2.36. The number of anilines is 1. The van der Waals surface area contributed by atoms with Crippen LogP contribution in [0.2, 0.25) is 0 Å². The molecule has 4 aromatic carbocycles. The minimum atomic E-state index is -0.448. The van der Waals surface area contributed by atoms with E-state index in [4.69, 9.17) is 9.47 Å². The van der Waals surface area contributed by atoms with Gasteiger partial charge in [0, 0.05) is 23.4 Å². The molecule has 0 bridgehead atoms. The molecule has 0 aliphatic carbocycles. The number of ether oxygens (including phenoxy) is 2. The molecule has 0 unspecified atom stereocenters. The van der Waals surface area contributed by atoms with Crippen molar-refractivity contribution in [3.05, 3.63) is 136 Å². The predicted molar refractivity (Wildman–Crippen MR) is 147 cm³/mol. The zero-order valence-corrected chi connectivity index (χ0v) is 20.8. The molecule has 0 aromatic heterocycles. The average Bonchev–Trinajstić information content (AvgIpc) is 3.25. The van der Waals surface area contributed by atoms with E-state index in [9.17, 15) is 14.9 Å². The van der Waals surface area contributed by atoms with Gasteiger partial charge in [-0.05, 0) is 90.9 Å². The van der Waals surface area contributed by atoms with Gasteiger partial charge in [-0.15, -0.1) is 0 Å². The normalized spacial score (nSPS) is 13.9. The summed E-state index contributed by atoms with van der Waals surface area (Å²) in [5.74, 6) is 1.86. The summed E-state index contributed by atoms with van der Waals surface area (Å²) in [6, 6.07) is 28.7. The number of non-ortho nitro benzene ring substituents is 1. The predicted octanol–water partition coefficient (Wildman–Crippen LogP) is 7.18. The minimum absolute atomic E-state index is 0.000592. The second kappa shape index (κ2) is 10.4. The third-order valence-electron chi connectivity index (χ3n) is 6.15. The molecule has 5 rings (SSSR count). The third kappa shape index (κ3) is 5.17. The van der Waals surface area contributed by atoms with E-state index in [-0.39, 0.29) is 11.6 Å². The Morgan fingerprint density at radius 3 is 1.95 bits per heavy atom. The van der Waals surface area contributed by atoms with Gasteiger partial charge in [-0.2, -0.15) is 0 Å². The Kier molecular flexibility index (Phi) is 6.74. The lowest BCUT2D eigenvalue weighted by molar-refractivity contribution is -0.384. The summed E-state index contributed by atoms with van der Waals surface area (Å²) < 4.78 is 11.1. The number of nitro benzene ring substituents is 1. The number of nitrogens with zero attached hydrogens (tertiary/aromatic N) is 2. The molecule has 38 heavy (non-hydrogen) atoms. The zero-order chi connectivity index (χ0) is 26.6. The van der Waals surface area contributed by atoms with Crippen LogP contribution >= 0.6 is 0 Å². The number of hydrogen-bond donors (Lipinski definition) is 0. The van der Waals surface area contributed by atoms with Crippen LogP contribution in [0.25, 0.3) is 11.8 Å². The highest BCUT2D eigenvalue weighted by molar-refractivity contribution is 6.23. The molecule has 188 valence electrons. The largest absolute Gasteiger partial charge is 0.497 e. The highest BCUT2D eigenvalue weighted by atomic mass is 16.6. The summed E-state index contributed by atoms with van der Waals surface area (Å²) in [5.41, 5.74) is 4.63. The van der Waals surface area contributed by atoms with Crippen molar-refractivity contribution in [2.45, 2.75) is 6.92 Å². The molecular formula is C31H24N2O5. The van der Waals surface area contributed by atoms with E-state index in [1.165, 1.54) is 12.1 Å². The van der Waals surface area contributed by atoms with Crippen LogP contribution in [0.4, 0.5) is 11.4 Å². The molecule has 7 heteroatoms. The molecule has 0 spiro atoms. The lowest BCUT2D eigenvalue weighted by Gasteiger charge is -2.21. The number of aryl methyl sites for hydroxylation is 1. The van der Waals surface area contributed by atoms with Crippen LogP contribution in [0.1, 0.15) is 16.7 Å². The van der Waals surface area contributed by atoms with Crippen LogP contribution < -0.4 is 14.4 Å². The van der Waals surface area contributed by atoms with Gasteiger partial charge in [0.2, 0.25) is 0 Å². The fourth-order valence-electron chi connectivity index (χ4n) is 4.12. The minimum Gasteiger partial charge on any atom is -0.497 e. The number of carbonyl (C=O) groups excluding carboxylic acids is 1. The zero-order valence-electron chi connectivity index (χ0n) is 20.8. The Morgan fingerprint density at radius 2 is 1.37 bits per heavy atom. The van der Waals surface area contributed by atoms with Crippen LogP contribution in [-0.4, -0.2) is 17.9 Å². The first-order valence-electron chi connectivity index (χ1n) is 11.9. The second-order valence-corrected chi connectivity index (χ2v) is 8.76. The van der Waals surface area contributed by atoms with E-state index < -0.39 is 4.92 Å². The molecule has 1 amide bonds. The Morgan fingerprint density at radius 1 is 0.789 bits per heavy atom. The van der Waals surface area contributed by atoms with E-state index >= 15 is 0 Å². The van der Waals surface area contributed by atoms with Gasteiger partial charge in [0.25, 0.3) is 11.6 Å². The maximum absolute atomic E-state index is 13.6. The van der Waals surface area contributed by atoms with E-state index in [1.54, 1.807) is 30.2 Å². The molecular weight excluding hydrogens is 480 g/mol. The molecule has 0 atom stereocenters. The number of hydrogen-bond acceptors (Lipinski definition) is 5. The van der Waals surface area contributed by atoms with E-state index in [0.717, 1.165) is 22.6 Å². The standard InChI is InChI=1S/C31H24N2O5/c1-21-3-7-23(8-4-21)30-20-24(19-22-5-9-26(10-6-22)33(35)36)31(34)32(30)25-11-13-28(14-12-25)38-29-17-15-27(37-2)16-18-29/h3-20H,1-2H3/b24-19+. The second-order valence-electron chi connectivity index (χ2n) is 8.76. The SMILES string of the molecule is COc1ccc(Oc2ccc(N3C(=O)/C(=C/c4ccc([N+](=O)[O-])cc4)C=C3c3ccc(C)cc3)cc2)cc1. The van der Waals surface area contributed by atoms with Crippen molar-refractivity contribution in [2.75, 3.05) is 12.0 Å². The summed E-state index contributed by atoms with van der Waals surface area (Å²) in [4.78, 5) is 25.8. The van der Waals surface area contributed by atoms with Gasteiger partial charge in [-0.3, -0.25) is 19.8 Å². The molecule has 1 heterocycles. The van der Waals surface area contributed by atoms with Gasteiger partial charge in [0.1, 0.15) is 17.2 Å². The summed E-state index contributed by atoms with van der Waals surface area (Å²) >= 11 is 0. The first kappa shape index (κ1) is 24.5. The van der Waals surface area contributed by atoms with E-state index in [1.807, 2.05) is 85.8 Å². The summed E-state index contributed by atoms with van der Waals surface area (Å²) in [7, 11) is 1.61. The Hall–Kier alpha value is -5.17. The molecule has 1 aliphatic heterocycles. The van der Waals surface area contributed by atoms with Crippen molar-refractivity contribution in [1.82, 2.24) is 0 Å². The van der Waals surface area contributed by atoms with E-state index in [0.29, 0.717) is 28.3 Å². The quantitative estimate of drug-likeness (QED) is 0.151. The summed E-state index contributed by atoms with van der Waals surface area (Å²) in [6.07, 6.45) is 3.58. The maximum Gasteiger partial charge on any atom is 0.269 e. The molecule has 1 aliphatic rings. The third-order valence-corrected chi connectivity index (χ3v) is 6.15. The number of methoxy groups -OCH3 is 1. The number of nitro groups is 1. The molecule has 4 aromatic rings. The Bertz CT molecular complexity index is 1540. The first-order chi connectivity index (χ1) is 18.4. The van der Waals surface area contributed by atoms with Crippen LogP contribution in [0.5, 0.6) is 17.2 Å². The van der Waals surface area contributed by atoms with Crippen LogP contribution in [-0.2, 0) is 4.79 Å². The maximum atomic E-state index is 13.6. The van der Waals surface area contributed by atoms with Crippen molar-refractivity contribution < 1.29 is 19.2 Å². The van der Waals surface area contributed by atoms with Gasteiger partial charge in [-0.1, -0.05) is 29.8 Å². The van der Waals surface area contributed by atoms with Crippen LogP contribution in [0.15, 0.2) is 109 Å². The van der Waals surface area contributed by atoms with E-state index in [2.05, 4.69) is 0 Å². The fourth-order valence-corrected chi connectivity index (χ4v) is 4.12. The Balaban J connectivity index is 1.46. The van der Waals surface area contributed by atoms with Gasteiger partial charge in [0.05, 0.1) is 17.7 Å². The number of benzene rings is 4. The molecule has 0 saturated carbocycles. The van der Waals surface area contributed by atoms with Crippen molar-refractivity contribution in [3.8, 4) is 17.2 Å². The number of amides is 1. The van der Waals surface area contributed by atoms with Crippen molar-refractivity contribution in [1.29, 1.82) is 0 Å².